The van der Waals surface area contributed by atoms with Crippen LogP contribution in [0, 0.1) is 0 Å². The molecule has 1 aromatic heterocycles. The molecule has 4 nitrogen and oxygen atoms in total. The summed E-state index contributed by atoms with van der Waals surface area (Å²) in [5.74, 6) is 0. The number of nitrogens with zero attached hydrogens (tertiary/aromatic N) is 2. The first-order valence-electron chi connectivity index (χ1n) is 5.55. The van der Waals surface area contributed by atoms with Gasteiger partial charge in [0, 0.05) is 18.3 Å². The van der Waals surface area contributed by atoms with Crippen LogP contribution in [-0.4, -0.2) is 36.0 Å². The van der Waals surface area contributed by atoms with Gasteiger partial charge in [0.15, 0.2) is 0 Å². The average molecular weight is 196 g/mol. The number of aromatic nitrogens is 2. The molecule has 2 rings (SSSR count). The second kappa shape index (κ2) is 4.57. The molecule has 1 aliphatic heterocycles. The molecule has 0 spiro atoms. The lowest BCUT2D eigenvalue weighted by Gasteiger charge is -2.21. The normalized spacial score (nSPS) is 18.6. The van der Waals surface area contributed by atoms with Gasteiger partial charge in [-0.3, -0.25) is 4.68 Å². The fourth-order valence-corrected chi connectivity index (χ4v) is 2.02. The monoisotopic (exact) mass is 196 g/mol. The molecule has 0 aromatic carbocycles. The van der Waals surface area contributed by atoms with Crippen molar-refractivity contribution in [2.75, 3.05) is 26.2 Å². The predicted molar refractivity (Wildman–Crippen MR) is 54.0 cm³/mol. The number of rotatable bonds is 3. The van der Waals surface area contributed by atoms with Gasteiger partial charge in [-0.15, -0.1) is 0 Å². The maximum absolute atomic E-state index is 4.30. The molecule has 4 heteroatoms. The van der Waals surface area contributed by atoms with E-state index < -0.39 is 0 Å². The van der Waals surface area contributed by atoms with Crippen molar-refractivity contribution in [1.82, 2.24) is 9.78 Å². The zero-order chi connectivity index (χ0) is 9.80. The molecule has 0 unspecified atom stereocenters. The Morgan fingerprint density at radius 2 is 2.29 bits per heavy atom. The molecule has 1 aromatic rings. The lowest BCUT2D eigenvalue weighted by molar-refractivity contribution is -0.958. The van der Waals surface area contributed by atoms with Crippen molar-refractivity contribution < 1.29 is 10.2 Å². The second-order valence-electron chi connectivity index (χ2n) is 4.00. The Balaban J connectivity index is 1.89. The third kappa shape index (κ3) is 2.33. The molecule has 1 aliphatic rings. The van der Waals surface area contributed by atoms with E-state index in [1.807, 2.05) is 10.9 Å². The SMILES string of the molecule is CCn1cc(C[NH+]2CC[NH2+]CC2)cn1. The van der Waals surface area contributed by atoms with Crippen molar-refractivity contribution in [3.05, 3.63) is 18.0 Å². The number of nitrogens with one attached hydrogen (secondary N) is 1. The van der Waals surface area contributed by atoms with Gasteiger partial charge in [0.25, 0.3) is 0 Å². The highest BCUT2D eigenvalue weighted by atomic mass is 15.3. The van der Waals surface area contributed by atoms with E-state index >= 15 is 0 Å². The van der Waals surface area contributed by atoms with E-state index in [0.717, 1.165) is 13.1 Å². The molecular weight excluding hydrogens is 176 g/mol. The van der Waals surface area contributed by atoms with E-state index in [0.29, 0.717) is 0 Å². The topological polar surface area (TPSA) is 38.9 Å². The van der Waals surface area contributed by atoms with Crippen LogP contribution in [0.4, 0.5) is 0 Å². The fraction of sp³-hybridized carbons (Fsp3) is 0.700. The Morgan fingerprint density at radius 3 is 2.93 bits per heavy atom. The standard InChI is InChI=1S/C10H18N4/c1-2-14-9-10(7-12-14)8-13-5-3-11-4-6-13/h7,9,11H,2-6,8H2,1H3/p+2. The number of hydrogen-bond acceptors (Lipinski definition) is 1. The number of hydrogen-bond donors (Lipinski definition) is 2. The van der Waals surface area contributed by atoms with Gasteiger partial charge in [-0.05, 0) is 6.92 Å². The lowest BCUT2D eigenvalue weighted by atomic mass is 10.3. The minimum atomic E-state index is 0.975. The Morgan fingerprint density at radius 1 is 1.50 bits per heavy atom. The number of piperazine rings is 1. The molecular formula is C10H20N4+2. The van der Waals surface area contributed by atoms with Crippen molar-refractivity contribution in [2.24, 2.45) is 0 Å². The molecule has 1 saturated heterocycles. The Kier molecular flexibility index (Phi) is 3.16. The van der Waals surface area contributed by atoms with Gasteiger partial charge in [0.05, 0.1) is 6.20 Å². The smallest absolute Gasteiger partial charge is 0.127 e. The van der Waals surface area contributed by atoms with Crippen LogP contribution >= 0.6 is 0 Å². The van der Waals surface area contributed by atoms with Gasteiger partial charge in [0.1, 0.15) is 32.7 Å². The van der Waals surface area contributed by atoms with Crippen molar-refractivity contribution in [1.29, 1.82) is 0 Å². The number of nitrogens with two attached hydrogens (primary N) is 1. The molecule has 0 atom stereocenters. The maximum atomic E-state index is 4.30. The highest BCUT2D eigenvalue weighted by molar-refractivity contribution is 5.01. The quantitative estimate of drug-likeness (QED) is 0.569. The van der Waals surface area contributed by atoms with Crippen LogP contribution < -0.4 is 10.2 Å². The van der Waals surface area contributed by atoms with Crippen LogP contribution in [0.25, 0.3) is 0 Å². The van der Waals surface area contributed by atoms with Crippen LogP contribution in [-0.2, 0) is 13.1 Å². The third-order valence-corrected chi connectivity index (χ3v) is 2.87. The van der Waals surface area contributed by atoms with E-state index in [9.17, 15) is 0 Å². The molecule has 0 radical (unpaired) electrons. The molecule has 0 bridgehead atoms. The summed E-state index contributed by atoms with van der Waals surface area (Å²) < 4.78 is 2.00. The highest BCUT2D eigenvalue weighted by Crippen LogP contribution is 1.94. The highest BCUT2D eigenvalue weighted by Gasteiger charge is 2.16. The van der Waals surface area contributed by atoms with E-state index in [1.165, 1.54) is 31.7 Å². The number of aryl methyl sites for hydroxylation is 1. The molecule has 1 fully saturated rings. The third-order valence-electron chi connectivity index (χ3n) is 2.87. The first-order valence-corrected chi connectivity index (χ1v) is 5.55. The van der Waals surface area contributed by atoms with Crippen LogP contribution in [0.5, 0.6) is 0 Å². The van der Waals surface area contributed by atoms with Crippen molar-refractivity contribution in [3.63, 3.8) is 0 Å². The second-order valence-corrected chi connectivity index (χ2v) is 4.00. The molecule has 0 saturated carbocycles. The summed E-state index contributed by atoms with van der Waals surface area (Å²) in [7, 11) is 0. The predicted octanol–water partition coefficient (Wildman–Crippen LogP) is -2.14. The molecule has 0 amide bonds. The van der Waals surface area contributed by atoms with Gasteiger partial charge in [-0.1, -0.05) is 0 Å². The van der Waals surface area contributed by atoms with E-state index in [-0.39, 0.29) is 0 Å². The minimum Gasteiger partial charge on any atom is -0.337 e. The summed E-state index contributed by atoms with van der Waals surface area (Å²) in [6.07, 6.45) is 4.18. The summed E-state index contributed by atoms with van der Waals surface area (Å²) in [6, 6.07) is 0. The van der Waals surface area contributed by atoms with Gasteiger partial charge in [-0.25, -0.2) is 0 Å². The fourth-order valence-electron chi connectivity index (χ4n) is 2.02. The van der Waals surface area contributed by atoms with Crippen molar-refractivity contribution in [2.45, 2.75) is 20.0 Å². The molecule has 78 valence electrons. The van der Waals surface area contributed by atoms with Crippen LogP contribution in [0.3, 0.4) is 0 Å². The first-order chi connectivity index (χ1) is 6.88. The summed E-state index contributed by atoms with van der Waals surface area (Å²) in [5, 5.41) is 6.70. The zero-order valence-corrected chi connectivity index (χ0v) is 8.87. The van der Waals surface area contributed by atoms with E-state index in [4.69, 9.17) is 0 Å². The lowest BCUT2D eigenvalue weighted by Crippen LogP contribution is -3.19. The minimum absolute atomic E-state index is 0.975. The van der Waals surface area contributed by atoms with E-state index in [1.54, 1.807) is 4.90 Å². The van der Waals surface area contributed by atoms with Crippen LogP contribution in [0.2, 0.25) is 0 Å². The van der Waals surface area contributed by atoms with Gasteiger partial charge < -0.3 is 10.2 Å². The van der Waals surface area contributed by atoms with E-state index in [2.05, 4.69) is 23.5 Å². The average Bonchev–Trinajstić information content (AvgIpc) is 2.67. The maximum Gasteiger partial charge on any atom is 0.127 e. The Labute approximate surface area is 84.9 Å². The zero-order valence-electron chi connectivity index (χ0n) is 8.87. The molecule has 2 heterocycles. The summed E-state index contributed by atoms with van der Waals surface area (Å²) in [4.78, 5) is 1.70. The largest absolute Gasteiger partial charge is 0.337 e. The summed E-state index contributed by atoms with van der Waals surface area (Å²) in [5.41, 5.74) is 1.38. The first kappa shape index (κ1) is 9.68. The van der Waals surface area contributed by atoms with Crippen molar-refractivity contribution in [3.8, 4) is 0 Å². The van der Waals surface area contributed by atoms with Crippen LogP contribution in [0.15, 0.2) is 12.4 Å². The van der Waals surface area contributed by atoms with Crippen molar-refractivity contribution >= 4 is 0 Å². The summed E-state index contributed by atoms with van der Waals surface area (Å²) in [6.45, 7) is 9.37. The van der Waals surface area contributed by atoms with Crippen LogP contribution in [0.1, 0.15) is 12.5 Å². The molecule has 3 N–H and O–H groups in total. The molecule has 14 heavy (non-hydrogen) atoms. The summed E-state index contributed by atoms with van der Waals surface area (Å²) >= 11 is 0. The molecule has 0 aliphatic carbocycles. The number of quaternary nitrogens is 2. The Bertz CT molecular complexity index is 275. The van der Waals surface area contributed by atoms with Gasteiger partial charge in [-0.2, -0.15) is 5.10 Å². The van der Waals surface area contributed by atoms with Gasteiger partial charge in [0.2, 0.25) is 0 Å². The Hall–Kier alpha value is -0.870. The van der Waals surface area contributed by atoms with Gasteiger partial charge >= 0.3 is 0 Å².